The molecule has 1 amide bonds. The van der Waals surface area contributed by atoms with Gasteiger partial charge >= 0.3 is 0 Å². The minimum atomic E-state index is -0.377. The van der Waals surface area contributed by atoms with Crippen LogP contribution in [0.4, 0.5) is 0 Å². The van der Waals surface area contributed by atoms with Crippen LogP contribution in [0.2, 0.25) is 0 Å². The molecule has 2 heterocycles. The van der Waals surface area contributed by atoms with E-state index in [2.05, 4.69) is 37.0 Å². The van der Waals surface area contributed by atoms with Crippen molar-refractivity contribution in [3.05, 3.63) is 19.2 Å². The number of carbonyl (C=O) groups excluding carboxylic acids is 1. The zero-order valence-corrected chi connectivity index (χ0v) is 16.1. The number of hydrogen-bond donors (Lipinski definition) is 2. The topological polar surface area (TPSA) is 78.9 Å². The smallest absolute Gasteiger partial charge is 0.255 e. The predicted molar refractivity (Wildman–Crippen MR) is 94.5 cm³/mol. The second-order valence-electron chi connectivity index (χ2n) is 4.71. The van der Waals surface area contributed by atoms with Crippen LogP contribution >= 0.6 is 55.0 Å². The highest BCUT2D eigenvalue weighted by Gasteiger charge is 2.39. The molecule has 5 nitrogen and oxygen atoms in total. The van der Waals surface area contributed by atoms with Crippen molar-refractivity contribution in [3.8, 4) is 0 Å². The molecule has 0 aliphatic carbocycles. The third-order valence-electron chi connectivity index (χ3n) is 3.71. The minimum Gasteiger partial charge on any atom is -0.409 e. The van der Waals surface area contributed by atoms with Gasteiger partial charge in [0.1, 0.15) is 0 Å². The van der Waals surface area contributed by atoms with Crippen molar-refractivity contribution in [1.82, 2.24) is 4.90 Å². The van der Waals surface area contributed by atoms with Gasteiger partial charge in [0.15, 0.2) is 5.84 Å². The molecule has 0 radical (unpaired) electrons. The number of likely N-dealkylation sites (tertiary alicyclic amines) is 1. The van der Waals surface area contributed by atoms with Crippen LogP contribution in [0, 0.1) is 0 Å². The number of thiophene rings is 1. The maximum absolute atomic E-state index is 12.5. The summed E-state index contributed by atoms with van der Waals surface area (Å²) < 4.78 is 1.38. The van der Waals surface area contributed by atoms with Crippen molar-refractivity contribution in [2.45, 2.75) is 17.6 Å². The van der Waals surface area contributed by atoms with Crippen molar-refractivity contribution in [2.75, 3.05) is 19.3 Å². The number of halogens is 2. The van der Waals surface area contributed by atoms with E-state index in [4.69, 9.17) is 10.9 Å². The van der Waals surface area contributed by atoms with Crippen LogP contribution in [0.3, 0.4) is 0 Å². The SMILES string of the molecule is CSC1(/C(N)=N/O)CCN(C(=O)c2cc(Br)sc2Br)CC1. The van der Waals surface area contributed by atoms with E-state index in [1.165, 1.54) is 11.3 Å². The molecule has 1 aliphatic heterocycles. The molecular weight excluding hydrogens is 442 g/mol. The van der Waals surface area contributed by atoms with E-state index >= 15 is 0 Å². The Morgan fingerprint density at radius 3 is 2.57 bits per heavy atom. The Bertz CT molecular complexity index is 569. The molecule has 116 valence electrons. The largest absolute Gasteiger partial charge is 0.409 e. The second kappa shape index (κ2) is 6.89. The van der Waals surface area contributed by atoms with E-state index in [9.17, 15) is 4.79 Å². The van der Waals surface area contributed by atoms with E-state index in [0.717, 1.165) is 7.57 Å². The van der Waals surface area contributed by atoms with Gasteiger partial charge in [-0.15, -0.1) is 11.3 Å². The fourth-order valence-corrected chi connectivity index (χ4v) is 6.00. The first-order chi connectivity index (χ1) is 9.93. The predicted octanol–water partition coefficient (Wildman–Crippen LogP) is 3.36. The Kier molecular flexibility index (Phi) is 5.61. The van der Waals surface area contributed by atoms with E-state index in [1.54, 1.807) is 11.8 Å². The Morgan fingerprint density at radius 2 is 2.14 bits per heavy atom. The summed E-state index contributed by atoms with van der Waals surface area (Å²) in [6.07, 6.45) is 3.31. The van der Waals surface area contributed by atoms with E-state index in [-0.39, 0.29) is 16.5 Å². The van der Waals surface area contributed by atoms with Crippen molar-refractivity contribution in [3.63, 3.8) is 0 Å². The molecule has 0 saturated carbocycles. The number of carbonyl (C=O) groups is 1. The Morgan fingerprint density at radius 1 is 1.52 bits per heavy atom. The lowest BCUT2D eigenvalue weighted by Crippen LogP contribution is -2.51. The highest BCUT2D eigenvalue weighted by Crippen LogP contribution is 2.37. The van der Waals surface area contributed by atoms with E-state index in [0.29, 0.717) is 31.5 Å². The van der Waals surface area contributed by atoms with Gasteiger partial charge in [-0.05, 0) is 57.0 Å². The lowest BCUT2D eigenvalue weighted by molar-refractivity contribution is 0.0717. The monoisotopic (exact) mass is 455 g/mol. The highest BCUT2D eigenvalue weighted by molar-refractivity contribution is 9.12. The highest BCUT2D eigenvalue weighted by atomic mass is 79.9. The number of rotatable bonds is 3. The first-order valence-electron chi connectivity index (χ1n) is 6.21. The molecule has 1 aromatic heterocycles. The van der Waals surface area contributed by atoms with Crippen LogP contribution in [-0.4, -0.2) is 45.9 Å². The summed E-state index contributed by atoms with van der Waals surface area (Å²) in [6, 6.07) is 1.83. The van der Waals surface area contributed by atoms with Gasteiger partial charge in [-0.1, -0.05) is 5.16 Å². The fraction of sp³-hybridized carbons (Fsp3) is 0.500. The van der Waals surface area contributed by atoms with Crippen LogP contribution in [-0.2, 0) is 0 Å². The normalized spacial score (nSPS) is 18.8. The van der Waals surface area contributed by atoms with Crippen LogP contribution in [0.5, 0.6) is 0 Å². The summed E-state index contributed by atoms with van der Waals surface area (Å²) in [4.78, 5) is 14.4. The number of amidine groups is 1. The van der Waals surface area contributed by atoms with Crippen LogP contribution < -0.4 is 5.73 Å². The first kappa shape index (κ1) is 17.1. The average Bonchev–Trinajstić information content (AvgIpc) is 2.84. The summed E-state index contributed by atoms with van der Waals surface area (Å²) in [7, 11) is 0. The Hall–Kier alpha value is -0.250. The molecule has 3 N–H and O–H groups in total. The van der Waals surface area contributed by atoms with E-state index in [1.807, 2.05) is 17.2 Å². The van der Waals surface area contributed by atoms with Gasteiger partial charge in [0.25, 0.3) is 5.91 Å². The van der Waals surface area contributed by atoms with Crippen LogP contribution in [0.1, 0.15) is 23.2 Å². The molecule has 0 spiro atoms. The number of thioether (sulfide) groups is 1. The second-order valence-corrected chi connectivity index (χ2v) is 9.65. The zero-order chi connectivity index (χ0) is 15.6. The lowest BCUT2D eigenvalue weighted by Gasteiger charge is -2.39. The maximum Gasteiger partial charge on any atom is 0.255 e. The molecular formula is C12H15Br2N3O2S2. The molecule has 21 heavy (non-hydrogen) atoms. The van der Waals surface area contributed by atoms with Crippen molar-refractivity contribution in [2.24, 2.45) is 10.9 Å². The quantitative estimate of drug-likeness (QED) is 0.316. The van der Waals surface area contributed by atoms with Crippen LogP contribution in [0.25, 0.3) is 0 Å². The number of nitrogens with zero attached hydrogens (tertiary/aromatic N) is 2. The van der Waals surface area contributed by atoms with Gasteiger partial charge in [0.05, 0.1) is 17.9 Å². The van der Waals surface area contributed by atoms with Gasteiger partial charge in [-0.3, -0.25) is 4.79 Å². The summed E-state index contributed by atoms with van der Waals surface area (Å²) >= 11 is 9.87. The van der Waals surface area contributed by atoms with E-state index < -0.39 is 0 Å². The number of amides is 1. The van der Waals surface area contributed by atoms with Crippen LogP contribution in [0.15, 0.2) is 18.8 Å². The lowest BCUT2D eigenvalue weighted by atomic mass is 9.94. The molecule has 0 atom stereocenters. The van der Waals surface area contributed by atoms with Gasteiger partial charge in [-0.25, -0.2) is 0 Å². The number of nitrogens with two attached hydrogens (primary N) is 1. The van der Waals surface area contributed by atoms with Gasteiger partial charge in [0, 0.05) is 13.1 Å². The molecule has 9 heteroatoms. The number of hydrogen-bond acceptors (Lipinski definition) is 5. The molecule has 1 saturated heterocycles. The molecule has 1 aliphatic rings. The number of oxime groups is 1. The van der Waals surface area contributed by atoms with Gasteiger partial charge in [-0.2, -0.15) is 11.8 Å². The summed E-state index contributed by atoms with van der Waals surface area (Å²) in [6.45, 7) is 1.19. The Balaban J connectivity index is 2.10. The molecule has 1 aromatic rings. The summed E-state index contributed by atoms with van der Waals surface area (Å²) in [5.74, 6) is 0.250. The van der Waals surface area contributed by atoms with Crippen molar-refractivity contribution >= 4 is 66.7 Å². The summed E-state index contributed by atoms with van der Waals surface area (Å²) in [5, 5.41) is 12.1. The van der Waals surface area contributed by atoms with Gasteiger partial charge in [0.2, 0.25) is 0 Å². The summed E-state index contributed by atoms with van der Waals surface area (Å²) in [5.41, 5.74) is 6.49. The maximum atomic E-state index is 12.5. The van der Waals surface area contributed by atoms with Crippen molar-refractivity contribution < 1.29 is 10.0 Å². The standard InChI is InChI=1S/C12H15Br2N3O2S2/c1-20-12(11(15)16-19)2-4-17(5-3-12)10(18)7-6-8(13)21-9(7)14/h6,19H,2-5H2,1H3,(H2,15,16). The zero-order valence-electron chi connectivity index (χ0n) is 11.3. The molecule has 1 fully saturated rings. The first-order valence-corrected chi connectivity index (χ1v) is 9.83. The minimum absolute atomic E-state index is 0.0121. The molecule has 2 rings (SSSR count). The third kappa shape index (κ3) is 3.40. The average molecular weight is 457 g/mol. The van der Waals surface area contributed by atoms with Gasteiger partial charge < -0.3 is 15.8 Å². The molecule has 0 aromatic carbocycles. The Labute approximate surface area is 148 Å². The third-order valence-corrected chi connectivity index (χ3v) is 7.45. The molecule has 0 unspecified atom stereocenters. The van der Waals surface area contributed by atoms with Crippen molar-refractivity contribution in [1.29, 1.82) is 0 Å². The molecule has 0 bridgehead atoms. The fourth-order valence-electron chi connectivity index (χ4n) is 2.38. The number of piperidine rings is 1.